The number of benzene rings is 2. The summed E-state index contributed by atoms with van der Waals surface area (Å²) in [7, 11) is 0.527. The first-order valence-electron chi connectivity index (χ1n) is 13.2. The van der Waals surface area contributed by atoms with Crippen molar-refractivity contribution in [1.82, 2.24) is 19.4 Å². The van der Waals surface area contributed by atoms with Crippen LogP contribution < -0.4 is 10.2 Å². The maximum Gasteiger partial charge on any atom is 0.243 e. The van der Waals surface area contributed by atoms with Gasteiger partial charge in [0.25, 0.3) is 0 Å². The monoisotopic (exact) mass is 543 g/mol. The van der Waals surface area contributed by atoms with Gasteiger partial charge in [-0.15, -0.1) is 0 Å². The molecular weight excluding hydrogens is 502 g/mol. The van der Waals surface area contributed by atoms with Crippen LogP contribution in [0.4, 0.5) is 5.69 Å². The van der Waals surface area contributed by atoms with E-state index in [1.165, 1.54) is 10.7 Å². The van der Waals surface area contributed by atoms with Gasteiger partial charge in [-0.3, -0.25) is 14.5 Å². The van der Waals surface area contributed by atoms with E-state index in [0.29, 0.717) is 50.6 Å². The summed E-state index contributed by atoms with van der Waals surface area (Å²) in [5, 5.41) is 2.62. The van der Waals surface area contributed by atoms with Gasteiger partial charge in [-0.25, -0.2) is 8.42 Å². The number of carbonyl (C=O) groups is 2. The number of nitrogens with zero attached hydrogens (tertiary/aromatic N) is 4. The van der Waals surface area contributed by atoms with Gasteiger partial charge in [-0.05, 0) is 62.7 Å². The number of hydrogen-bond acceptors (Lipinski definition) is 6. The third-order valence-electron chi connectivity index (χ3n) is 6.90. The van der Waals surface area contributed by atoms with Gasteiger partial charge in [-0.2, -0.15) is 4.31 Å². The van der Waals surface area contributed by atoms with E-state index in [9.17, 15) is 18.0 Å². The summed E-state index contributed by atoms with van der Waals surface area (Å²) >= 11 is 0. The van der Waals surface area contributed by atoms with Crippen LogP contribution in [-0.2, 0) is 26.2 Å². The van der Waals surface area contributed by atoms with E-state index in [2.05, 4.69) is 10.2 Å². The Balaban J connectivity index is 0.000000260. The molecule has 2 aliphatic heterocycles. The Morgan fingerprint density at radius 1 is 0.895 bits per heavy atom. The Labute approximate surface area is 227 Å². The standard InChI is InChI=1S/C18H27N3O3S.C10H14N2O/c1-16-5-7-17(8-6-16)25(23,24)21-13-11-20(12-14-21)18(22)15-19-9-3-2-4-10-19;1-12(2)10-5-3-9(4-6-10)7-11-8-13/h5-8H,2-4,9-15H2,1H3;3-6,8H,7H2,1-2H3,(H,11,13). The Morgan fingerprint density at radius 3 is 2.05 bits per heavy atom. The van der Waals surface area contributed by atoms with Gasteiger partial charge in [0.05, 0.1) is 11.4 Å². The summed E-state index contributed by atoms with van der Waals surface area (Å²) in [6, 6.07) is 15.0. The van der Waals surface area contributed by atoms with Crippen molar-refractivity contribution in [3.05, 3.63) is 59.7 Å². The lowest BCUT2D eigenvalue weighted by Crippen LogP contribution is -2.52. The minimum absolute atomic E-state index is 0.120. The normalized spacial score (nSPS) is 16.8. The second kappa shape index (κ2) is 14.3. The molecule has 2 amide bonds. The van der Waals surface area contributed by atoms with Crippen LogP contribution in [0.1, 0.15) is 30.4 Å². The molecule has 38 heavy (non-hydrogen) atoms. The summed E-state index contributed by atoms with van der Waals surface area (Å²) in [4.78, 5) is 28.9. The summed E-state index contributed by atoms with van der Waals surface area (Å²) in [5.41, 5.74) is 3.31. The SMILES string of the molecule is CN(C)c1ccc(CNC=O)cc1.Cc1ccc(S(=O)(=O)N2CCN(C(=O)CN3CCCCC3)CC2)cc1. The smallest absolute Gasteiger partial charge is 0.243 e. The molecule has 0 spiro atoms. The predicted molar refractivity (Wildman–Crippen MR) is 150 cm³/mol. The number of amides is 2. The lowest BCUT2D eigenvalue weighted by atomic mass is 10.1. The predicted octanol–water partition coefficient (Wildman–Crippen LogP) is 2.31. The number of rotatable bonds is 8. The minimum atomic E-state index is -3.47. The fourth-order valence-electron chi connectivity index (χ4n) is 4.52. The third-order valence-corrected chi connectivity index (χ3v) is 8.81. The average Bonchev–Trinajstić information content (AvgIpc) is 2.93. The zero-order chi connectivity index (χ0) is 27.5. The first-order chi connectivity index (χ1) is 18.2. The molecule has 0 radical (unpaired) electrons. The van der Waals surface area contributed by atoms with Gasteiger partial charge in [-0.1, -0.05) is 36.2 Å². The molecular formula is C28H41N5O4S. The van der Waals surface area contributed by atoms with E-state index < -0.39 is 10.0 Å². The number of hydrogen-bond donors (Lipinski definition) is 1. The summed E-state index contributed by atoms with van der Waals surface area (Å²) < 4.78 is 26.9. The van der Waals surface area contributed by atoms with Gasteiger partial charge in [0, 0.05) is 52.5 Å². The average molecular weight is 544 g/mol. The number of nitrogens with one attached hydrogen (secondary N) is 1. The fraction of sp³-hybridized carbons (Fsp3) is 0.500. The first-order valence-corrected chi connectivity index (χ1v) is 14.6. The molecule has 2 heterocycles. The first kappa shape index (κ1) is 29.6. The van der Waals surface area contributed by atoms with E-state index in [0.717, 1.165) is 42.7 Å². The fourth-order valence-corrected chi connectivity index (χ4v) is 5.94. The highest BCUT2D eigenvalue weighted by Crippen LogP contribution is 2.18. The van der Waals surface area contributed by atoms with E-state index in [-0.39, 0.29) is 5.91 Å². The van der Waals surface area contributed by atoms with Crippen LogP contribution in [0.2, 0.25) is 0 Å². The number of aryl methyl sites for hydroxylation is 1. The van der Waals surface area contributed by atoms with Crippen molar-refractivity contribution < 1.29 is 18.0 Å². The molecule has 4 rings (SSSR count). The molecule has 1 N–H and O–H groups in total. The molecule has 2 aromatic carbocycles. The maximum absolute atomic E-state index is 12.7. The molecule has 0 atom stereocenters. The second-order valence-electron chi connectivity index (χ2n) is 9.99. The van der Waals surface area contributed by atoms with Crippen LogP contribution >= 0.6 is 0 Å². The molecule has 2 aromatic rings. The molecule has 0 aliphatic carbocycles. The minimum Gasteiger partial charge on any atom is -0.378 e. The van der Waals surface area contributed by atoms with Crippen molar-refractivity contribution in [2.24, 2.45) is 0 Å². The molecule has 0 saturated carbocycles. The largest absolute Gasteiger partial charge is 0.378 e. The van der Waals surface area contributed by atoms with Crippen LogP contribution in [-0.4, -0.2) is 94.7 Å². The Hall–Kier alpha value is -2.95. The van der Waals surface area contributed by atoms with E-state index in [1.807, 2.05) is 62.3 Å². The number of carbonyl (C=O) groups excluding carboxylic acids is 2. The Kier molecular flexibility index (Phi) is 11.1. The summed E-state index contributed by atoms with van der Waals surface area (Å²) in [6.07, 6.45) is 4.28. The quantitative estimate of drug-likeness (QED) is 0.514. The molecule has 0 bridgehead atoms. The van der Waals surface area contributed by atoms with Crippen LogP contribution in [0, 0.1) is 6.92 Å². The summed E-state index contributed by atoms with van der Waals surface area (Å²) in [5.74, 6) is 0.120. The molecule has 10 heteroatoms. The van der Waals surface area contributed by atoms with E-state index >= 15 is 0 Å². The van der Waals surface area contributed by atoms with Crippen LogP contribution in [0.15, 0.2) is 53.4 Å². The van der Waals surface area contributed by atoms with Crippen molar-refractivity contribution in [2.45, 2.75) is 37.6 Å². The van der Waals surface area contributed by atoms with E-state index in [1.54, 1.807) is 17.0 Å². The molecule has 2 saturated heterocycles. The molecule has 2 aliphatic rings. The zero-order valence-electron chi connectivity index (χ0n) is 22.8. The highest BCUT2D eigenvalue weighted by Gasteiger charge is 2.30. The van der Waals surface area contributed by atoms with Gasteiger partial charge in [0.1, 0.15) is 0 Å². The molecule has 2 fully saturated rings. The Morgan fingerprint density at radius 2 is 1.50 bits per heavy atom. The molecule has 9 nitrogen and oxygen atoms in total. The highest BCUT2D eigenvalue weighted by atomic mass is 32.2. The van der Waals surface area contributed by atoms with E-state index in [4.69, 9.17) is 0 Å². The summed E-state index contributed by atoms with van der Waals surface area (Å²) in [6.45, 7) is 6.64. The number of sulfonamides is 1. The van der Waals surface area contributed by atoms with Crippen LogP contribution in [0.5, 0.6) is 0 Å². The number of piperazine rings is 1. The highest BCUT2D eigenvalue weighted by molar-refractivity contribution is 7.89. The zero-order valence-corrected chi connectivity index (χ0v) is 23.6. The van der Waals surface area contributed by atoms with Crippen molar-refractivity contribution >= 4 is 28.0 Å². The third kappa shape index (κ3) is 8.54. The van der Waals surface area contributed by atoms with Crippen molar-refractivity contribution in [3.63, 3.8) is 0 Å². The van der Waals surface area contributed by atoms with Gasteiger partial charge in [0.15, 0.2) is 0 Å². The topological polar surface area (TPSA) is 93.3 Å². The number of piperidine rings is 1. The van der Waals surface area contributed by atoms with Gasteiger partial charge >= 0.3 is 0 Å². The van der Waals surface area contributed by atoms with Crippen LogP contribution in [0.25, 0.3) is 0 Å². The van der Waals surface area contributed by atoms with Gasteiger partial charge in [0.2, 0.25) is 22.3 Å². The van der Waals surface area contributed by atoms with Gasteiger partial charge < -0.3 is 15.1 Å². The van der Waals surface area contributed by atoms with Crippen LogP contribution in [0.3, 0.4) is 0 Å². The second-order valence-corrected chi connectivity index (χ2v) is 11.9. The van der Waals surface area contributed by atoms with Crippen molar-refractivity contribution in [2.75, 3.05) is 64.8 Å². The molecule has 0 unspecified atom stereocenters. The van der Waals surface area contributed by atoms with Crippen molar-refractivity contribution in [3.8, 4) is 0 Å². The maximum atomic E-state index is 12.7. The number of anilines is 1. The number of likely N-dealkylation sites (tertiary alicyclic amines) is 1. The molecule has 0 aromatic heterocycles. The lowest BCUT2D eigenvalue weighted by molar-refractivity contribution is -0.133. The Bertz CT molecular complexity index is 1120. The lowest BCUT2D eigenvalue weighted by Gasteiger charge is -2.35. The van der Waals surface area contributed by atoms with Crippen molar-refractivity contribution in [1.29, 1.82) is 0 Å². The molecule has 208 valence electrons.